The van der Waals surface area contributed by atoms with E-state index < -0.39 is 4.92 Å². The zero-order chi connectivity index (χ0) is 17.4. The van der Waals surface area contributed by atoms with Gasteiger partial charge in [0.25, 0.3) is 5.69 Å². The molecule has 7 nitrogen and oxygen atoms in total. The van der Waals surface area contributed by atoms with E-state index in [1.807, 2.05) is 0 Å². The van der Waals surface area contributed by atoms with Crippen molar-refractivity contribution in [2.24, 2.45) is 0 Å². The first kappa shape index (κ1) is 18.2. The number of non-ortho nitro benzene ring substituents is 1. The van der Waals surface area contributed by atoms with Crippen LogP contribution in [0, 0.1) is 10.1 Å². The molecule has 1 aliphatic rings. The Labute approximate surface area is 141 Å². The number of ether oxygens (including phenoxy) is 1. The molecule has 1 aliphatic carbocycles. The van der Waals surface area contributed by atoms with Gasteiger partial charge >= 0.3 is 0 Å². The lowest BCUT2D eigenvalue weighted by atomic mass is 9.97. The molecule has 0 unspecified atom stereocenters. The van der Waals surface area contributed by atoms with Crippen LogP contribution in [0.2, 0.25) is 0 Å². The molecule has 0 saturated heterocycles. The SMILES string of the molecule is COc1ccc([N+](=O)[O-])cc1NC(=O)CNC1CCCCCCC1. The summed E-state index contributed by atoms with van der Waals surface area (Å²) in [6, 6.07) is 4.51. The molecule has 0 heterocycles. The molecule has 0 bridgehead atoms. The van der Waals surface area contributed by atoms with Crippen LogP contribution in [-0.4, -0.2) is 30.5 Å². The number of nitro benzene ring substituents is 1. The lowest BCUT2D eigenvalue weighted by Crippen LogP contribution is -2.36. The van der Waals surface area contributed by atoms with Gasteiger partial charge in [0.1, 0.15) is 5.75 Å². The van der Waals surface area contributed by atoms with Gasteiger partial charge in [-0.3, -0.25) is 14.9 Å². The predicted octanol–water partition coefficient (Wildman–Crippen LogP) is 3.24. The Morgan fingerprint density at radius 1 is 1.25 bits per heavy atom. The Morgan fingerprint density at radius 3 is 2.54 bits per heavy atom. The Balaban J connectivity index is 1.91. The summed E-state index contributed by atoms with van der Waals surface area (Å²) in [5.41, 5.74) is 0.232. The van der Waals surface area contributed by atoms with Gasteiger partial charge in [-0.1, -0.05) is 32.1 Å². The highest BCUT2D eigenvalue weighted by molar-refractivity contribution is 5.94. The zero-order valence-corrected chi connectivity index (χ0v) is 14.0. The van der Waals surface area contributed by atoms with Gasteiger partial charge in [0.2, 0.25) is 5.91 Å². The standard InChI is InChI=1S/C17H25N3O4/c1-24-16-10-9-14(20(22)23)11-15(16)19-17(21)12-18-13-7-5-3-2-4-6-8-13/h9-11,13,18H,2-8,12H2,1H3,(H,19,21). The molecule has 1 aromatic rings. The van der Waals surface area contributed by atoms with E-state index in [1.54, 1.807) is 0 Å². The number of amides is 1. The van der Waals surface area contributed by atoms with Crippen molar-refractivity contribution >= 4 is 17.3 Å². The lowest BCUT2D eigenvalue weighted by molar-refractivity contribution is -0.384. The third-order valence-electron chi connectivity index (χ3n) is 4.32. The van der Waals surface area contributed by atoms with Crippen molar-refractivity contribution in [3.63, 3.8) is 0 Å². The predicted molar refractivity (Wildman–Crippen MR) is 92.4 cm³/mol. The fraction of sp³-hybridized carbons (Fsp3) is 0.588. The fourth-order valence-electron chi connectivity index (χ4n) is 3.00. The van der Waals surface area contributed by atoms with E-state index in [2.05, 4.69) is 10.6 Å². The number of hydrogen-bond acceptors (Lipinski definition) is 5. The van der Waals surface area contributed by atoms with Crippen LogP contribution in [-0.2, 0) is 4.79 Å². The minimum atomic E-state index is -0.498. The van der Waals surface area contributed by atoms with Crippen molar-refractivity contribution < 1.29 is 14.5 Å². The van der Waals surface area contributed by atoms with E-state index in [4.69, 9.17) is 4.74 Å². The Hall–Kier alpha value is -2.15. The summed E-state index contributed by atoms with van der Waals surface area (Å²) < 4.78 is 5.15. The Morgan fingerprint density at radius 2 is 1.92 bits per heavy atom. The molecule has 7 heteroatoms. The number of carbonyl (C=O) groups is 1. The maximum atomic E-state index is 12.2. The van der Waals surface area contributed by atoms with Crippen LogP contribution in [0.5, 0.6) is 5.75 Å². The number of hydrogen-bond donors (Lipinski definition) is 2. The van der Waals surface area contributed by atoms with E-state index in [-0.39, 0.29) is 18.1 Å². The number of benzene rings is 1. The summed E-state index contributed by atoms with van der Waals surface area (Å²) in [5, 5.41) is 16.9. The first-order valence-electron chi connectivity index (χ1n) is 8.46. The molecule has 1 saturated carbocycles. The van der Waals surface area contributed by atoms with Gasteiger partial charge < -0.3 is 15.4 Å². The second-order valence-electron chi connectivity index (χ2n) is 6.11. The number of rotatable bonds is 6. The van der Waals surface area contributed by atoms with Crippen molar-refractivity contribution in [1.29, 1.82) is 0 Å². The van der Waals surface area contributed by atoms with Crippen LogP contribution in [0.1, 0.15) is 44.9 Å². The second kappa shape index (κ2) is 9.22. The summed E-state index contributed by atoms with van der Waals surface area (Å²) in [5.74, 6) is 0.177. The molecule has 2 N–H and O–H groups in total. The van der Waals surface area contributed by atoms with Crippen molar-refractivity contribution in [3.05, 3.63) is 28.3 Å². The number of methoxy groups -OCH3 is 1. The minimum absolute atomic E-state index is 0.0842. The number of nitrogens with zero attached hydrogens (tertiary/aromatic N) is 1. The molecule has 2 rings (SSSR count). The van der Waals surface area contributed by atoms with Crippen molar-refractivity contribution in [1.82, 2.24) is 5.32 Å². The summed E-state index contributed by atoms with van der Waals surface area (Å²) in [4.78, 5) is 22.5. The maximum absolute atomic E-state index is 12.2. The number of nitrogens with one attached hydrogen (secondary N) is 2. The van der Waals surface area contributed by atoms with E-state index in [1.165, 1.54) is 57.4 Å². The molecule has 132 valence electrons. The van der Waals surface area contributed by atoms with Gasteiger partial charge in [-0.25, -0.2) is 0 Å². The Bertz CT molecular complexity index is 569. The molecule has 1 amide bonds. The second-order valence-corrected chi connectivity index (χ2v) is 6.11. The monoisotopic (exact) mass is 335 g/mol. The van der Waals surface area contributed by atoms with Crippen molar-refractivity contribution in [2.45, 2.75) is 51.0 Å². The molecule has 1 fully saturated rings. The normalized spacial score (nSPS) is 16.0. The first-order valence-corrected chi connectivity index (χ1v) is 8.46. The molecular weight excluding hydrogens is 310 g/mol. The number of anilines is 1. The largest absolute Gasteiger partial charge is 0.495 e. The topological polar surface area (TPSA) is 93.5 Å². The molecule has 0 spiro atoms. The number of nitro groups is 1. The van der Waals surface area contributed by atoms with Gasteiger partial charge in [-0.05, 0) is 18.9 Å². The molecule has 0 radical (unpaired) electrons. The van der Waals surface area contributed by atoms with Gasteiger partial charge in [0.15, 0.2) is 0 Å². The quantitative estimate of drug-likeness (QED) is 0.615. The van der Waals surface area contributed by atoms with E-state index in [9.17, 15) is 14.9 Å². The third kappa shape index (κ3) is 5.49. The summed E-state index contributed by atoms with van der Waals surface area (Å²) in [6.45, 7) is 0.191. The highest BCUT2D eigenvalue weighted by atomic mass is 16.6. The van der Waals surface area contributed by atoms with Gasteiger partial charge in [-0.15, -0.1) is 0 Å². The molecule has 24 heavy (non-hydrogen) atoms. The fourth-order valence-corrected chi connectivity index (χ4v) is 3.00. The maximum Gasteiger partial charge on any atom is 0.271 e. The zero-order valence-electron chi connectivity index (χ0n) is 14.0. The number of carbonyl (C=O) groups excluding carboxylic acids is 1. The summed E-state index contributed by atoms with van der Waals surface area (Å²) >= 11 is 0. The Kier molecular flexibility index (Phi) is 6.99. The highest BCUT2D eigenvalue weighted by Crippen LogP contribution is 2.28. The molecule has 0 aliphatic heterocycles. The lowest BCUT2D eigenvalue weighted by Gasteiger charge is -2.21. The smallest absolute Gasteiger partial charge is 0.271 e. The van der Waals surface area contributed by atoms with Gasteiger partial charge in [-0.2, -0.15) is 0 Å². The third-order valence-corrected chi connectivity index (χ3v) is 4.32. The van der Waals surface area contributed by atoms with Crippen LogP contribution >= 0.6 is 0 Å². The summed E-state index contributed by atoms with van der Waals surface area (Å²) in [6.07, 6.45) is 8.39. The minimum Gasteiger partial charge on any atom is -0.495 e. The van der Waals surface area contributed by atoms with Crippen LogP contribution in [0.15, 0.2) is 18.2 Å². The molecule has 1 aromatic carbocycles. The average Bonchev–Trinajstić information content (AvgIpc) is 2.53. The van der Waals surface area contributed by atoms with Crippen molar-refractivity contribution in [3.8, 4) is 5.75 Å². The van der Waals surface area contributed by atoms with Gasteiger partial charge in [0.05, 0.1) is 24.3 Å². The highest BCUT2D eigenvalue weighted by Gasteiger charge is 2.15. The average molecular weight is 335 g/mol. The summed E-state index contributed by atoms with van der Waals surface area (Å²) in [7, 11) is 1.46. The van der Waals surface area contributed by atoms with Crippen LogP contribution in [0.3, 0.4) is 0 Å². The van der Waals surface area contributed by atoms with E-state index >= 15 is 0 Å². The van der Waals surface area contributed by atoms with E-state index in [0.29, 0.717) is 17.5 Å². The molecule has 0 atom stereocenters. The van der Waals surface area contributed by atoms with Crippen LogP contribution in [0.4, 0.5) is 11.4 Å². The first-order chi connectivity index (χ1) is 11.6. The van der Waals surface area contributed by atoms with E-state index in [0.717, 1.165) is 12.8 Å². The molecular formula is C17H25N3O4. The van der Waals surface area contributed by atoms with Crippen LogP contribution < -0.4 is 15.4 Å². The van der Waals surface area contributed by atoms with Crippen LogP contribution in [0.25, 0.3) is 0 Å². The van der Waals surface area contributed by atoms with Gasteiger partial charge in [0, 0.05) is 18.2 Å². The van der Waals surface area contributed by atoms with Crippen molar-refractivity contribution in [2.75, 3.05) is 19.0 Å². The molecule has 0 aromatic heterocycles.